The summed E-state index contributed by atoms with van der Waals surface area (Å²) in [4.78, 5) is 34.0. The minimum absolute atomic E-state index is 0.479. The number of amides is 2. The predicted octanol–water partition coefficient (Wildman–Crippen LogP) is -1.86. The zero-order valence-corrected chi connectivity index (χ0v) is 7.56. The van der Waals surface area contributed by atoms with Crippen molar-refractivity contribution < 1.29 is 4.79 Å². The molecule has 2 amide bonds. The molecule has 5 N–H and O–H groups in total. The second-order valence-electron chi connectivity index (χ2n) is 2.47. The molecule has 0 aliphatic rings. The molecule has 0 bridgehead atoms. The number of nitrogens with zero attached hydrogens (tertiary/aromatic N) is 1. The van der Waals surface area contributed by atoms with Crippen molar-refractivity contribution in [2.45, 2.75) is 0 Å². The van der Waals surface area contributed by atoms with Gasteiger partial charge in [0.1, 0.15) is 0 Å². The maximum atomic E-state index is 11.1. The van der Waals surface area contributed by atoms with Crippen molar-refractivity contribution in [1.29, 1.82) is 0 Å². The SMILES string of the molecule is NC(=O)NNC=Cn1ccc(=O)[nH]c1=O. The summed E-state index contributed by atoms with van der Waals surface area (Å²) in [5, 5.41) is 0. The lowest BCUT2D eigenvalue weighted by Crippen LogP contribution is -2.38. The van der Waals surface area contributed by atoms with Crippen LogP contribution in [-0.4, -0.2) is 15.6 Å². The molecule has 0 spiro atoms. The van der Waals surface area contributed by atoms with Crippen LogP contribution in [0.2, 0.25) is 0 Å². The first-order valence-corrected chi connectivity index (χ1v) is 3.89. The number of aromatic amines is 1. The highest BCUT2D eigenvalue weighted by molar-refractivity contribution is 5.71. The van der Waals surface area contributed by atoms with Gasteiger partial charge >= 0.3 is 11.7 Å². The van der Waals surface area contributed by atoms with Gasteiger partial charge in [-0.3, -0.25) is 19.8 Å². The molecule has 1 aromatic heterocycles. The lowest BCUT2D eigenvalue weighted by molar-refractivity contribution is 0.246. The number of primary amides is 1. The molecule has 1 aromatic rings. The van der Waals surface area contributed by atoms with Gasteiger partial charge in [-0.15, -0.1) is 0 Å². The molecular formula is C7H9N5O3. The second-order valence-corrected chi connectivity index (χ2v) is 2.47. The van der Waals surface area contributed by atoms with Crippen LogP contribution in [0.1, 0.15) is 0 Å². The van der Waals surface area contributed by atoms with Gasteiger partial charge in [0.05, 0.1) is 0 Å². The quantitative estimate of drug-likeness (QED) is 0.438. The third-order valence-corrected chi connectivity index (χ3v) is 1.36. The van der Waals surface area contributed by atoms with Crippen molar-refractivity contribution in [2.75, 3.05) is 0 Å². The topological polar surface area (TPSA) is 122 Å². The second kappa shape index (κ2) is 4.65. The van der Waals surface area contributed by atoms with E-state index < -0.39 is 17.3 Å². The van der Waals surface area contributed by atoms with Crippen molar-refractivity contribution in [2.24, 2.45) is 5.73 Å². The first-order chi connectivity index (χ1) is 7.09. The average Bonchev–Trinajstić information content (AvgIpc) is 2.14. The number of hydrogen-bond donors (Lipinski definition) is 4. The minimum Gasteiger partial charge on any atom is -0.350 e. The monoisotopic (exact) mass is 211 g/mol. The number of hydrogen-bond acceptors (Lipinski definition) is 4. The van der Waals surface area contributed by atoms with E-state index in [4.69, 9.17) is 5.73 Å². The Hall–Kier alpha value is -2.51. The first-order valence-electron chi connectivity index (χ1n) is 3.89. The van der Waals surface area contributed by atoms with Crippen LogP contribution in [0.25, 0.3) is 6.20 Å². The fraction of sp³-hybridized carbons (Fsp3) is 0. The Morgan fingerprint density at radius 3 is 2.87 bits per heavy atom. The summed E-state index contributed by atoms with van der Waals surface area (Å²) in [6.07, 6.45) is 3.85. The number of nitrogens with one attached hydrogen (secondary N) is 3. The summed E-state index contributed by atoms with van der Waals surface area (Å²) in [5.74, 6) is 0. The van der Waals surface area contributed by atoms with Gasteiger partial charge in [-0.1, -0.05) is 0 Å². The van der Waals surface area contributed by atoms with Crippen LogP contribution < -0.4 is 27.8 Å². The molecule has 1 rings (SSSR count). The molecule has 8 heteroatoms. The van der Waals surface area contributed by atoms with Crippen LogP contribution in [0.5, 0.6) is 0 Å². The molecule has 0 aliphatic heterocycles. The maximum absolute atomic E-state index is 11.1. The van der Waals surface area contributed by atoms with Crippen LogP contribution in [0.15, 0.2) is 28.1 Å². The number of carbonyl (C=O) groups is 1. The summed E-state index contributed by atoms with van der Waals surface area (Å²) < 4.78 is 1.11. The molecule has 0 saturated carbocycles. The van der Waals surface area contributed by atoms with E-state index in [9.17, 15) is 14.4 Å². The molecular weight excluding hydrogens is 202 g/mol. The third-order valence-electron chi connectivity index (χ3n) is 1.36. The molecule has 0 atom stereocenters. The molecule has 8 nitrogen and oxygen atoms in total. The standard InChI is InChI=1S/C7H9N5O3/c8-6(14)11-9-2-4-12-3-1-5(13)10-7(12)15/h1-4,9H,(H3,8,11,14)(H,10,13,15). The minimum atomic E-state index is -0.756. The Balaban J connectivity index is 2.69. The van der Waals surface area contributed by atoms with Gasteiger partial charge in [-0.25, -0.2) is 9.59 Å². The lowest BCUT2D eigenvalue weighted by atomic mass is 10.6. The fourth-order valence-corrected chi connectivity index (χ4v) is 0.775. The van der Waals surface area contributed by atoms with E-state index in [0.29, 0.717) is 0 Å². The summed E-state index contributed by atoms with van der Waals surface area (Å²) in [7, 11) is 0. The van der Waals surface area contributed by atoms with Gasteiger partial charge in [-0.2, -0.15) is 0 Å². The lowest BCUT2D eigenvalue weighted by Gasteiger charge is -1.99. The van der Waals surface area contributed by atoms with Gasteiger partial charge in [0, 0.05) is 24.7 Å². The molecule has 0 unspecified atom stereocenters. The normalized spacial score (nSPS) is 10.1. The summed E-state index contributed by atoms with van der Waals surface area (Å²) >= 11 is 0. The van der Waals surface area contributed by atoms with Crippen LogP contribution in [0, 0.1) is 0 Å². The number of hydrazine groups is 1. The van der Waals surface area contributed by atoms with Gasteiger partial charge in [0.25, 0.3) is 5.56 Å². The van der Waals surface area contributed by atoms with Crippen LogP contribution in [0.3, 0.4) is 0 Å². The van der Waals surface area contributed by atoms with Crippen LogP contribution in [-0.2, 0) is 0 Å². The number of aromatic nitrogens is 2. The van der Waals surface area contributed by atoms with Gasteiger partial charge < -0.3 is 11.2 Å². The zero-order chi connectivity index (χ0) is 11.3. The van der Waals surface area contributed by atoms with Crippen molar-refractivity contribution in [3.05, 3.63) is 39.3 Å². The molecule has 0 radical (unpaired) electrons. The van der Waals surface area contributed by atoms with Gasteiger partial charge in [0.15, 0.2) is 0 Å². The maximum Gasteiger partial charge on any atom is 0.332 e. The molecule has 15 heavy (non-hydrogen) atoms. The highest BCUT2D eigenvalue weighted by atomic mass is 16.2. The van der Waals surface area contributed by atoms with Crippen molar-refractivity contribution in [3.8, 4) is 0 Å². The number of urea groups is 1. The summed E-state index contributed by atoms with van der Waals surface area (Å²) in [6.45, 7) is 0. The number of H-pyrrole nitrogens is 1. The Kier molecular flexibility index (Phi) is 3.28. The predicted molar refractivity (Wildman–Crippen MR) is 52.5 cm³/mol. The molecule has 0 fully saturated rings. The van der Waals surface area contributed by atoms with Gasteiger partial charge in [-0.05, 0) is 0 Å². The largest absolute Gasteiger partial charge is 0.350 e. The van der Waals surface area contributed by atoms with Crippen LogP contribution in [0.4, 0.5) is 4.79 Å². The van der Waals surface area contributed by atoms with Crippen molar-refractivity contribution in [1.82, 2.24) is 20.4 Å². The summed E-state index contributed by atoms with van der Waals surface area (Å²) in [5.41, 5.74) is 8.08. The number of rotatable bonds is 3. The van der Waals surface area contributed by atoms with Crippen molar-refractivity contribution in [3.63, 3.8) is 0 Å². The number of nitrogens with two attached hydrogens (primary N) is 1. The molecule has 0 aromatic carbocycles. The van der Waals surface area contributed by atoms with Gasteiger partial charge in [0.2, 0.25) is 0 Å². The average molecular weight is 211 g/mol. The Labute approximate surface area is 83.4 Å². The van der Waals surface area contributed by atoms with E-state index in [-0.39, 0.29) is 0 Å². The highest BCUT2D eigenvalue weighted by Gasteiger charge is 1.90. The van der Waals surface area contributed by atoms with Crippen LogP contribution >= 0.6 is 0 Å². The Bertz CT molecular complexity index is 486. The number of carbonyl (C=O) groups excluding carboxylic acids is 1. The first kappa shape index (κ1) is 10.6. The molecule has 1 heterocycles. The van der Waals surface area contributed by atoms with E-state index >= 15 is 0 Å². The molecule has 0 aliphatic carbocycles. The smallest absolute Gasteiger partial charge is 0.332 e. The van der Waals surface area contributed by atoms with E-state index in [2.05, 4.69) is 10.9 Å². The van der Waals surface area contributed by atoms with E-state index in [0.717, 1.165) is 4.57 Å². The highest BCUT2D eigenvalue weighted by Crippen LogP contribution is 1.75. The third kappa shape index (κ3) is 3.38. The van der Waals surface area contributed by atoms with E-state index in [1.54, 1.807) is 0 Å². The summed E-state index contributed by atoms with van der Waals surface area (Å²) in [6, 6.07) is 0.432. The Morgan fingerprint density at radius 2 is 2.27 bits per heavy atom. The Morgan fingerprint density at radius 1 is 1.53 bits per heavy atom. The van der Waals surface area contributed by atoms with E-state index in [1.165, 1.54) is 24.7 Å². The van der Waals surface area contributed by atoms with E-state index in [1.807, 2.05) is 4.98 Å². The fourth-order valence-electron chi connectivity index (χ4n) is 0.775. The molecule has 80 valence electrons. The molecule has 0 saturated heterocycles. The van der Waals surface area contributed by atoms with Crippen molar-refractivity contribution >= 4 is 12.2 Å². The zero-order valence-electron chi connectivity index (χ0n) is 7.56.